The zero-order chi connectivity index (χ0) is 17.2. The van der Waals surface area contributed by atoms with Gasteiger partial charge in [0.1, 0.15) is 11.6 Å². The number of hydrogen-bond acceptors (Lipinski definition) is 5. The Hall–Kier alpha value is -2.00. The number of methoxy groups -OCH3 is 1. The van der Waals surface area contributed by atoms with Gasteiger partial charge >= 0.3 is 5.97 Å². The molecule has 0 amide bonds. The number of nitrogens with zero attached hydrogens (tertiary/aromatic N) is 1. The summed E-state index contributed by atoms with van der Waals surface area (Å²) in [5.41, 5.74) is 0.571. The molecule has 0 spiro atoms. The monoisotopic (exact) mass is 381 g/mol. The first-order valence-corrected chi connectivity index (χ1v) is 8.15. The van der Waals surface area contributed by atoms with Gasteiger partial charge in [-0.1, -0.05) is 13.3 Å². The first-order chi connectivity index (χ1) is 11.1. The third-order valence-corrected chi connectivity index (χ3v) is 3.51. The molecule has 0 N–H and O–H groups in total. The molecule has 0 aliphatic carbocycles. The normalized spacial score (nSPS) is 10.8. The highest BCUT2D eigenvalue weighted by Crippen LogP contribution is 2.37. The van der Waals surface area contributed by atoms with Crippen LogP contribution in [0.1, 0.15) is 32.3 Å². The van der Waals surface area contributed by atoms with Gasteiger partial charge in [0.15, 0.2) is 11.5 Å². The Morgan fingerprint density at radius 2 is 2.13 bits per heavy atom. The fraction of sp³-hybridized carbons (Fsp3) is 0.412. The van der Waals surface area contributed by atoms with Gasteiger partial charge in [0.2, 0.25) is 0 Å². The second kappa shape index (κ2) is 9.90. The lowest BCUT2D eigenvalue weighted by molar-refractivity contribution is -0.137. The molecule has 0 fully saturated rings. The van der Waals surface area contributed by atoms with E-state index in [4.69, 9.17) is 19.5 Å². The van der Waals surface area contributed by atoms with Crippen molar-refractivity contribution in [1.29, 1.82) is 5.26 Å². The number of carbonyl (C=O) groups excluding carboxylic acids is 1. The lowest BCUT2D eigenvalue weighted by atomic mass is 10.1. The Labute approximate surface area is 145 Å². The minimum Gasteiger partial charge on any atom is -0.493 e. The lowest BCUT2D eigenvalue weighted by Gasteiger charge is -2.13. The van der Waals surface area contributed by atoms with Gasteiger partial charge in [-0.2, -0.15) is 5.26 Å². The van der Waals surface area contributed by atoms with E-state index in [0.717, 1.165) is 12.8 Å². The summed E-state index contributed by atoms with van der Waals surface area (Å²) in [7, 11) is 1.54. The Morgan fingerprint density at radius 3 is 2.70 bits per heavy atom. The maximum absolute atomic E-state index is 11.7. The van der Waals surface area contributed by atoms with Crippen LogP contribution in [0.25, 0.3) is 6.08 Å². The van der Waals surface area contributed by atoms with Crippen LogP contribution in [0.5, 0.6) is 11.5 Å². The summed E-state index contributed by atoms with van der Waals surface area (Å²) in [6.45, 7) is 4.58. The first kappa shape index (κ1) is 19.0. The van der Waals surface area contributed by atoms with Crippen molar-refractivity contribution in [2.75, 3.05) is 20.3 Å². The summed E-state index contributed by atoms with van der Waals surface area (Å²) in [6, 6.07) is 5.32. The average molecular weight is 382 g/mol. The molecule has 0 saturated heterocycles. The highest BCUT2D eigenvalue weighted by atomic mass is 79.9. The van der Waals surface area contributed by atoms with E-state index in [-0.39, 0.29) is 12.2 Å². The SMILES string of the molecule is CCCCOc1c(Br)cc(/C=C(\C#N)C(=O)OCC)cc1OC. The molecule has 5 nitrogen and oxygen atoms in total. The van der Waals surface area contributed by atoms with E-state index in [1.807, 2.05) is 6.07 Å². The van der Waals surface area contributed by atoms with E-state index >= 15 is 0 Å². The fourth-order valence-corrected chi connectivity index (χ4v) is 2.37. The number of halogens is 1. The highest BCUT2D eigenvalue weighted by Gasteiger charge is 2.14. The van der Waals surface area contributed by atoms with Crippen LogP contribution >= 0.6 is 15.9 Å². The minimum atomic E-state index is -0.645. The molecular formula is C17H20BrNO4. The predicted octanol–water partition coefficient (Wildman–Crippen LogP) is 4.11. The quantitative estimate of drug-likeness (QED) is 0.293. The number of nitriles is 1. The number of unbranched alkanes of at least 4 members (excludes halogenated alkanes) is 1. The molecule has 0 heterocycles. The number of carbonyl (C=O) groups is 1. The van der Waals surface area contributed by atoms with Crippen LogP contribution < -0.4 is 9.47 Å². The van der Waals surface area contributed by atoms with Gasteiger partial charge in [0, 0.05) is 0 Å². The second-order valence-electron chi connectivity index (χ2n) is 4.63. The van der Waals surface area contributed by atoms with Gasteiger partial charge in [0.05, 0.1) is 24.8 Å². The van der Waals surface area contributed by atoms with Crippen LogP contribution in [-0.2, 0) is 9.53 Å². The molecule has 0 aromatic heterocycles. The van der Waals surface area contributed by atoms with Crippen LogP contribution in [0.4, 0.5) is 0 Å². The van der Waals surface area contributed by atoms with Crippen molar-refractivity contribution in [1.82, 2.24) is 0 Å². The van der Waals surface area contributed by atoms with Gasteiger partial charge in [-0.05, 0) is 53.0 Å². The zero-order valence-electron chi connectivity index (χ0n) is 13.5. The molecule has 0 aliphatic rings. The van der Waals surface area contributed by atoms with Gasteiger partial charge in [-0.25, -0.2) is 4.79 Å². The van der Waals surface area contributed by atoms with E-state index in [1.165, 1.54) is 6.08 Å². The predicted molar refractivity (Wildman–Crippen MR) is 91.3 cm³/mol. The molecule has 6 heteroatoms. The molecule has 0 bridgehead atoms. The standard InChI is InChI=1S/C17H20BrNO4/c1-4-6-7-23-16-14(18)9-12(10-15(16)21-3)8-13(11-19)17(20)22-5-2/h8-10H,4-7H2,1-3H3/b13-8+. The van der Waals surface area contributed by atoms with Crippen molar-refractivity contribution in [3.8, 4) is 17.6 Å². The van der Waals surface area contributed by atoms with E-state index < -0.39 is 5.97 Å². The number of rotatable bonds is 8. The summed E-state index contributed by atoms with van der Waals surface area (Å²) in [6.07, 6.45) is 3.44. The molecule has 1 aromatic rings. The van der Waals surface area contributed by atoms with Crippen molar-refractivity contribution in [3.05, 3.63) is 27.7 Å². The Kier molecular flexibility index (Phi) is 8.20. The molecule has 0 atom stereocenters. The summed E-state index contributed by atoms with van der Waals surface area (Å²) in [4.78, 5) is 11.7. The van der Waals surface area contributed by atoms with Crippen molar-refractivity contribution in [2.24, 2.45) is 0 Å². The molecule has 0 saturated carbocycles. The van der Waals surface area contributed by atoms with Gasteiger partial charge in [-0.3, -0.25) is 0 Å². The average Bonchev–Trinajstić information content (AvgIpc) is 2.54. The second-order valence-corrected chi connectivity index (χ2v) is 5.48. The Balaban J connectivity index is 3.12. The van der Waals surface area contributed by atoms with Crippen molar-refractivity contribution in [2.45, 2.75) is 26.7 Å². The Bertz CT molecular complexity index is 620. The molecule has 0 aliphatic heterocycles. The number of ether oxygens (including phenoxy) is 3. The van der Waals surface area contributed by atoms with Gasteiger partial charge in [0.25, 0.3) is 0 Å². The molecule has 23 heavy (non-hydrogen) atoms. The topological polar surface area (TPSA) is 68.5 Å². The van der Waals surface area contributed by atoms with Crippen molar-refractivity contribution in [3.63, 3.8) is 0 Å². The van der Waals surface area contributed by atoms with E-state index in [2.05, 4.69) is 22.9 Å². The lowest BCUT2D eigenvalue weighted by Crippen LogP contribution is -2.06. The van der Waals surface area contributed by atoms with Crippen LogP contribution in [-0.4, -0.2) is 26.3 Å². The molecule has 124 valence electrons. The molecule has 1 rings (SSSR count). The van der Waals surface area contributed by atoms with Gasteiger partial charge in [-0.15, -0.1) is 0 Å². The highest BCUT2D eigenvalue weighted by molar-refractivity contribution is 9.10. The largest absolute Gasteiger partial charge is 0.493 e. The van der Waals surface area contributed by atoms with E-state index in [0.29, 0.717) is 28.1 Å². The van der Waals surface area contributed by atoms with Crippen LogP contribution in [0.2, 0.25) is 0 Å². The zero-order valence-corrected chi connectivity index (χ0v) is 15.1. The summed E-state index contributed by atoms with van der Waals surface area (Å²) >= 11 is 3.44. The Morgan fingerprint density at radius 1 is 1.39 bits per heavy atom. The first-order valence-electron chi connectivity index (χ1n) is 7.36. The molecule has 0 unspecified atom stereocenters. The molecule has 0 radical (unpaired) electrons. The smallest absolute Gasteiger partial charge is 0.348 e. The maximum Gasteiger partial charge on any atom is 0.348 e. The fourth-order valence-electron chi connectivity index (χ4n) is 1.79. The van der Waals surface area contributed by atoms with Crippen molar-refractivity contribution < 1.29 is 19.0 Å². The van der Waals surface area contributed by atoms with Gasteiger partial charge < -0.3 is 14.2 Å². The number of esters is 1. The molecular weight excluding hydrogens is 362 g/mol. The minimum absolute atomic E-state index is 0.0690. The van der Waals surface area contributed by atoms with Crippen LogP contribution in [0.3, 0.4) is 0 Å². The third kappa shape index (κ3) is 5.61. The number of benzene rings is 1. The van der Waals surface area contributed by atoms with Crippen molar-refractivity contribution >= 4 is 28.0 Å². The summed E-state index contributed by atoms with van der Waals surface area (Å²) in [5.74, 6) is 0.490. The van der Waals surface area contributed by atoms with Crippen LogP contribution in [0, 0.1) is 11.3 Å². The maximum atomic E-state index is 11.7. The summed E-state index contributed by atoms with van der Waals surface area (Å²) < 4.78 is 16.6. The summed E-state index contributed by atoms with van der Waals surface area (Å²) in [5, 5.41) is 9.09. The molecule has 1 aromatic carbocycles. The van der Waals surface area contributed by atoms with E-state index in [9.17, 15) is 4.79 Å². The third-order valence-electron chi connectivity index (χ3n) is 2.92. The van der Waals surface area contributed by atoms with E-state index in [1.54, 1.807) is 26.2 Å². The van der Waals surface area contributed by atoms with Crippen LogP contribution in [0.15, 0.2) is 22.2 Å². The number of hydrogen-bond donors (Lipinski definition) is 0.